The van der Waals surface area contributed by atoms with Crippen molar-refractivity contribution in [3.05, 3.63) is 0 Å². The molecule has 1 fully saturated rings. The lowest BCUT2D eigenvalue weighted by Crippen LogP contribution is -2.45. The average molecular weight is 157 g/mol. The van der Waals surface area contributed by atoms with E-state index in [0.717, 1.165) is 25.7 Å². The Bertz CT molecular complexity index is 169. The maximum atomic E-state index is 10.7. The molecule has 3 heteroatoms. The van der Waals surface area contributed by atoms with Crippen LogP contribution in [0.5, 0.6) is 0 Å². The Morgan fingerprint density at radius 1 is 1.82 bits per heavy atom. The number of carbonyl (C=O) groups is 1. The first kappa shape index (κ1) is 8.53. The van der Waals surface area contributed by atoms with Gasteiger partial charge < -0.3 is 10.8 Å². The molecule has 3 N–H and O–H groups in total. The normalized spacial score (nSPS) is 37.5. The summed E-state index contributed by atoms with van der Waals surface area (Å²) >= 11 is 0. The molecule has 0 heterocycles. The molecule has 0 unspecified atom stereocenters. The molecule has 3 nitrogen and oxygen atoms in total. The molecule has 1 aliphatic carbocycles. The van der Waals surface area contributed by atoms with Crippen LogP contribution in [-0.4, -0.2) is 16.6 Å². The van der Waals surface area contributed by atoms with E-state index in [1.54, 1.807) is 0 Å². The SMILES string of the molecule is CC[C@]1(N)CCC[C@@H]1C(=O)O. The number of hydrogen-bond acceptors (Lipinski definition) is 2. The van der Waals surface area contributed by atoms with Crippen molar-refractivity contribution in [2.24, 2.45) is 11.7 Å². The van der Waals surface area contributed by atoms with E-state index in [-0.39, 0.29) is 5.92 Å². The van der Waals surface area contributed by atoms with E-state index in [4.69, 9.17) is 10.8 Å². The van der Waals surface area contributed by atoms with Gasteiger partial charge in [0.25, 0.3) is 0 Å². The van der Waals surface area contributed by atoms with Gasteiger partial charge in [0.05, 0.1) is 5.92 Å². The van der Waals surface area contributed by atoms with Crippen molar-refractivity contribution in [1.29, 1.82) is 0 Å². The molecule has 0 aromatic heterocycles. The molecule has 0 spiro atoms. The fraction of sp³-hybridized carbons (Fsp3) is 0.875. The van der Waals surface area contributed by atoms with E-state index in [2.05, 4.69) is 0 Å². The predicted molar refractivity (Wildman–Crippen MR) is 42.2 cm³/mol. The van der Waals surface area contributed by atoms with Crippen LogP contribution in [0, 0.1) is 5.92 Å². The molecule has 11 heavy (non-hydrogen) atoms. The summed E-state index contributed by atoms with van der Waals surface area (Å²) in [5, 5.41) is 8.80. The van der Waals surface area contributed by atoms with Crippen LogP contribution in [-0.2, 0) is 4.79 Å². The molecular weight excluding hydrogens is 142 g/mol. The van der Waals surface area contributed by atoms with Gasteiger partial charge in [0.2, 0.25) is 0 Å². The Kier molecular flexibility index (Phi) is 2.18. The second-order valence-corrected chi connectivity index (χ2v) is 3.37. The highest BCUT2D eigenvalue weighted by Gasteiger charge is 2.42. The van der Waals surface area contributed by atoms with Crippen molar-refractivity contribution in [2.75, 3.05) is 0 Å². The van der Waals surface area contributed by atoms with Crippen LogP contribution < -0.4 is 5.73 Å². The van der Waals surface area contributed by atoms with Crippen molar-refractivity contribution in [1.82, 2.24) is 0 Å². The van der Waals surface area contributed by atoms with Gasteiger partial charge in [-0.2, -0.15) is 0 Å². The number of rotatable bonds is 2. The van der Waals surface area contributed by atoms with Crippen LogP contribution >= 0.6 is 0 Å². The second kappa shape index (κ2) is 2.81. The molecule has 64 valence electrons. The minimum absolute atomic E-state index is 0.313. The molecule has 0 bridgehead atoms. The van der Waals surface area contributed by atoms with Crippen molar-refractivity contribution in [2.45, 2.75) is 38.1 Å². The van der Waals surface area contributed by atoms with Crippen molar-refractivity contribution in [3.63, 3.8) is 0 Å². The van der Waals surface area contributed by atoms with E-state index in [9.17, 15) is 4.79 Å². The summed E-state index contributed by atoms with van der Waals surface area (Å²) < 4.78 is 0. The van der Waals surface area contributed by atoms with Crippen molar-refractivity contribution < 1.29 is 9.90 Å². The standard InChI is InChI=1S/C8H15NO2/c1-2-8(9)5-3-4-6(8)7(10)11/h6H,2-5,9H2,1H3,(H,10,11)/t6-,8+/m1/s1. The molecule has 1 aliphatic rings. The number of aliphatic carboxylic acids is 1. The Morgan fingerprint density at radius 2 is 2.45 bits per heavy atom. The fourth-order valence-electron chi connectivity index (χ4n) is 1.89. The topological polar surface area (TPSA) is 63.3 Å². The Hall–Kier alpha value is -0.570. The summed E-state index contributed by atoms with van der Waals surface area (Å²) in [6, 6.07) is 0. The molecule has 1 rings (SSSR count). The molecule has 0 saturated heterocycles. The zero-order chi connectivity index (χ0) is 8.48. The summed E-state index contributed by atoms with van der Waals surface area (Å²) in [6.45, 7) is 1.96. The lowest BCUT2D eigenvalue weighted by molar-refractivity contribution is -0.143. The Labute approximate surface area is 66.6 Å². The highest BCUT2D eigenvalue weighted by Crippen LogP contribution is 2.35. The number of carboxylic acid groups (broad SMARTS) is 1. The zero-order valence-corrected chi connectivity index (χ0v) is 6.84. The highest BCUT2D eigenvalue weighted by molar-refractivity contribution is 5.72. The smallest absolute Gasteiger partial charge is 0.308 e. The molecule has 2 atom stereocenters. The third kappa shape index (κ3) is 1.38. The molecular formula is C8H15NO2. The van der Waals surface area contributed by atoms with Gasteiger partial charge in [0, 0.05) is 5.54 Å². The van der Waals surface area contributed by atoms with Gasteiger partial charge in [-0.25, -0.2) is 0 Å². The fourth-order valence-corrected chi connectivity index (χ4v) is 1.89. The van der Waals surface area contributed by atoms with Gasteiger partial charge in [-0.05, 0) is 19.3 Å². The van der Waals surface area contributed by atoms with E-state index in [1.807, 2.05) is 6.92 Å². The van der Waals surface area contributed by atoms with Gasteiger partial charge in [0.1, 0.15) is 0 Å². The third-order valence-electron chi connectivity index (χ3n) is 2.79. The first-order valence-corrected chi connectivity index (χ1v) is 4.12. The van der Waals surface area contributed by atoms with Crippen LogP contribution in [0.2, 0.25) is 0 Å². The van der Waals surface area contributed by atoms with E-state index in [1.165, 1.54) is 0 Å². The summed E-state index contributed by atoms with van der Waals surface area (Å²) in [4.78, 5) is 10.7. The first-order chi connectivity index (χ1) is 5.10. The van der Waals surface area contributed by atoms with Gasteiger partial charge in [-0.3, -0.25) is 4.79 Å². The molecule has 0 aromatic rings. The lowest BCUT2D eigenvalue weighted by atomic mass is 9.86. The number of nitrogens with two attached hydrogens (primary N) is 1. The van der Waals surface area contributed by atoms with Crippen LogP contribution in [0.3, 0.4) is 0 Å². The van der Waals surface area contributed by atoms with Gasteiger partial charge in [0.15, 0.2) is 0 Å². The zero-order valence-electron chi connectivity index (χ0n) is 6.84. The maximum absolute atomic E-state index is 10.7. The van der Waals surface area contributed by atoms with Crippen LogP contribution in [0.25, 0.3) is 0 Å². The summed E-state index contributed by atoms with van der Waals surface area (Å²) in [6.07, 6.45) is 3.34. The minimum Gasteiger partial charge on any atom is -0.481 e. The van der Waals surface area contributed by atoms with E-state index < -0.39 is 11.5 Å². The average Bonchev–Trinajstić information content (AvgIpc) is 2.32. The highest BCUT2D eigenvalue weighted by atomic mass is 16.4. The van der Waals surface area contributed by atoms with Gasteiger partial charge in [-0.1, -0.05) is 13.3 Å². The lowest BCUT2D eigenvalue weighted by Gasteiger charge is -2.26. The summed E-state index contributed by atoms with van der Waals surface area (Å²) in [7, 11) is 0. The van der Waals surface area contributed by atoms with Crippen LogP contribution in [0.1, 0.15) is 32.6 Å². The van der Waals surface area contributed by atoms with E-state index in [0.29, 0.717) is 0 Å². The van der Waals surface area contributed by atoms with Crippen LogP contribution in [0.15, 0.2) is 0 Å². The largest absolute Gasteiger partial charge is 0.481 e. The van der Waals surface area contributed by atoms with Crippen LogP contribution in [0.4, 0.5) is 0 Å². The van der Waals surface area contributed by atoms with E-state index >= 15 is 0 Å². The Morgan fingerprint density at radius 3 is 2.82 bits per heavy atom. The molecule has 0 radical (unpaired) electrons. The molecule has 0 aromatic carbocycles. The summed E-state index contributed by atoms with van der Waals surface area (Å²) in [5.74, 6) is -1.04. The second-order valence-electron chi connectivity index (χ2n) is 3.37. The third-order valence-corrected chi connectivity index (χ3v) is 2.79. The maximum Gasteiger partial charge on any atom is 0.308 e. The minimum atomic E-state index is -0.730. The molecule has 0 amide bonds. The monoisotopic (exact) mass is 157 g/mol. The Balaban J connectivity index is 2.72. The number of hydrogen-bond donors (Lipinski definition) is 2. The predicted octanol–water partition coefficient (Wildman–Crippen LogP) is 0.979. The number of carboxylic acids is 1. The van der Waals surface area contributed by atoms with Gasteiger partial charge >= 0.3 is 5.97 Å². The molecule has 1 saturated carbocycles. The van der Waals surface area contributed by atoms with Crippen molar-refractivity contribution >= 4 is 5.97 Å². The first-order valence-electron chi connectivity index (χ1n) is 4.12. The van der Waals surface area contributed by atoms with Gasteiger partial charge in [-0.15, -0.1) is 0 Å². The summed E-state index contributed by atoms with van der Waals surface area (Å²) in [5.41, 5.74) is 5.50. The van der Waals surface area contributed by atoms with Crippen molar-refractivity contribution in [3.8, 4) is 0 Å². The quantitative estimate of drug-likeness (QED) is 0.628. The molecule has 0 aliphatic heterocycles.